The zero-order chi connectivity index (χ0) is 16.6. The molecule has 7 heteroatoms. The molecule has 128 valence electrons. The smallest absolute Gasteiger partial charge is 0.862 e. The number of rotatable bonds is 14. The van der Waals surface area contributed by atoms with E-state index >= 15 is 0 Å². The van der Waals surface area contributed by atoms with Crippen molar-refractivity contribution in [2.45, 2.75) is 45.4 Å². The molecule has 0 aromatic rings. The van der Waals surface area contributed by atoms with E-state index in [4.69, 9.17) is 10.2 Å². The molecule has 0 heterocycles. The molecule has 0 spiro atoms. The number of carboxylic acid groups (broad SMARTS) is 1. The van der Waals surface area contributed by atoms with Gasteiger partial charge in [0.25, 0.3) is 0 Å². The van der Waals surface area contributed by atoms with Crippen LogP contribution in [0.3, 0.4) is 0 Å². The van der Waals surface area contributed by atoms with E-state index in [1.807, 2.05) is 17.9 Å². The fourth-order valence-electron chi connectivity index (χ4n) is 1.98. The molecule has 6 nitrogen and oxygen atoms in total. The van der Waals surface area contributed by atoms with Crippen LogP contribution < -0.4 is 24.0 Å². The van der Waals surface area contributed by atoms with Crippen molar-refractivity contribution in [3.05, 3.63) is 12.2 Å². The van der Waals surface area contributed by atoms with Crippen LogP contribution in [-0.4, -0.2) is 59.8 Å². The summed E-state index contributed by atoms with van der Waals surface area (Å²) in [5.74, 6) is -0.927. The summed E-state index contributed by atoms with van der Waals surface area (Å²) in [6, 6.07) is 0. The Morgan fingerprint density at radius 3 is 2.52 bits per heavy atom. The molecule has 23 heavy (non-hydrogen) atoms. The molecule has 0 bridgehead atoms. The maximum Gasteiger partial charge on any atom is 1.00 e. The van der Waals surface area contributed by atoms with Crippen LogP contribution in [0.15, 0.2) is 17.1 Å². The average Bonchev–Trinajstić information content (AvgIpc) is 2.49. The molecule has 0 saturated heterocycles. The fourth-order valence-corrected chi connectivity index (χ4v) is 1.98. The van der Waals surface area contributed by atoms with Crippen molar-refractivity contribution in [3.63, 3.8) is 0 Å². The van der Waals surface area contributed by atoms with E-state index < -0.39 is 5.97 Å². The summed E-state index contributed by atoms with van der Waals surface area (Å²) < 4.78 is 0. The number of carboxylic acids is 1. The number of allylic oxidation sites excluding steroid dienone is 2. The van der Waals surface area contributed by atoms with Crippen LogP contribution in [0.1, 0.15) is 45.4 Å². The summed E-state index contributed by atoms with van der Waals surface area (Å²) in [6.07, 6.45) is 8.06. The van der Waals surface area contributed by atoms with Gasteiger partial charge in [0, 0.05) is 26.2 Å². The number of aliphatic hydroxyl groups excluding tert-OH is 1. The van der Waals surface area contributed by atoms with Crippen LogP contribution in [0.5, 0.6) is 0 Å². The monoisotopic (exact) mass is 320 g/mol. The van der Waals surface area contributed by atoms with Crippen molar-refractivity contribution < 1.29 is 39.0 Å². The Hall–Kier alpha value is -0.803. The van der Waals surface area contributed by atoms with Crippen molar-refractivity contribution >= 4 is 11.9 Å². The van der Waals surface area contributed by atoms with Crippen LogP contribution >= 0.6 is 0 Å². The van der Waals surface area contributed by atoms with E-state index in [0.717, 1.165) is 19.3 Å². The predicted octanol–water partition coefficient (Wildman–Crippen LogP) is -1.96. The number of nitrogens with zero attached hydrogens (tertiary/aromatic N) is 2. The molecule has 0 fully saturated rings. The van der Waals surface area contributed by atoms with Crippen molar-refractivity contribution in [2.75, 3.05) is 32.8 Å². The van der Waals surface area contributed by atoms with Crippen molar-refractivity contribution in [1.82, 2.24) is 4.90 Å². The van der Waals surface area contributed by atoms with E-state index in [1.54, 1.807) is 0 Å². The van der Waals surface area contributed by atoms with Crippen LogP contribution in [-0.2, 0) is 4.79 Å². The minimum Gasteiger partial charge on any atom is -0.862 e. The van der Waals surface area contributed by atoms with Crippen LogP contribution in [0, 0.1) is 0 Å². The van der Waals surface area contributed by atoms with Crippen molar-refractivity contribution in [2.24, 2.45) is 4.99 Å². The van der Waals surface area contributed by atoms with E-state index in [-0.39, 0.29) is 37.8 Å². The number of hydrogen-bond donors (Lipinski definition) is 2. The summed E-state index contributed by atoms with van der Waals surface area (Å²) in [5, 5.41) is 29.1. The number of aliphatic imine (C=N–C) groups is 1. The number of hydrogen-bond acceptors (Lipinski definition) is 5. The second-order valence-electron chi connectivity index (χ2n) is 5.15. The van der Waals surface area contributed by atoms with E-state index in [2.05, 4.69) is 11.1 Å². The minimum absolute atomic E-state index is 0. The number of aliphatic hydroxyl groups is 1. The SMILES string of the molecule is C/C=C/CCCCC([O-])=NCCN(CCCO)CCC(=O)O.[Li+]. The average molecular weight is 320 g/mol. The Balaban J connectivity index is 0. The summed E-state index contributed by atoms with van der Waals surface area (Å²) in [4.78, 5) is 16.5. The molecular weight excluding hydrogens is 291 g/mol. The molecule has 0 unspecified atom stereocenters. The van der Waals surface area contributed by atoms with E-state index in [1.165, 1.54) is 0 Å². The summed E-state index contributed by atoms with van der Waals surface area (Å²) >= 11 is 0. The molecule has 0 aliphatic rings. The van der Waals surface area contributed by atoms with Gasteiger partial charge in [0.05, 0.1) is 13.0 Å². The molecule has 2 N–H and O–H groups in total. The van der Waals surface area contributed by atoms with Gasteiger partial charge in [-0.3, -0.25) is 4.79 Å². The molecule has 0 atom stereocenters. The van der Waals surface area contributed by atoms with Gasteiger partial charge in [-0.2, -0.15) is 0 Å². The number of aliphatic carboxylic acids is 1. The molecule has 0 amide bonds. The molecule has 0 aromatic carbocycles. The van der Waals surface area contributed by atoms with Gasteiger partial charge >= 0.3 is 24.8 Å². The van der Waals surface area contributed by atoms with Crippen molar-refractivity contribution in [3.8, 4) is 0 Å². The summed E-state index contributed by atoms with van der Waals surface area (Å²) in [5.41, 5.74) is 0. The minimum atomic E-state index is -0.844. The molecule has 0 aliphatic heterocycles. The van der Waals surface area contributed by atoms with Gasteiger partial charge in [0.1, 0.15) is 0 Å². The maximum absolute atomic E-state index is 11.6. The van der Waals surface area contributed by atoms with Gasteiger partial charge in [-0.15, -0.1) is 0 Å². The van der Waals surface area contributed by atoms with E-state index in [0.29, 0.717) is 39.0 Å². The molecule has 0 aliphatic carbocycles. The van der Waals surface area contributed by atoms with Crippen molar-refractivity contribution in [1.29, 1.82) is 0 Å². The quantitative estimate of drug-likeness (QED) is 0.127. The summed E-state index contributed by atoms with van der Waals surface area (Å²) in [6.45, 7) is 4.04. The second-order valence-corrected chi connectivity index (χ2v) is 5.15. The third-order valence-corrected chi connectivity index (χ3v) is 3.23. The first-order valence-corrected chi connectivity index (χ1v) is 7.96. The molecule has 0 rings (SSSR count). The first kappa shape index (κ1) is 24.4. The zero-order valence-electron chi connectivity index (χ0n) is 14.5. The first-order chi connectivity index (χ1) is 10.6. The van der Waals surface area contributed by atoms with Gasteiger partial charge in [-0.05, 0) is 44.9 Å². The third kappa shape index (κ3) is 17.4. The third-order valence-electron chi connectivity index (χ3n) is 3.23. The Labute approximate surface area is 151 Å². The number of carbonyl (C=O) groups is 1. The second kappa shape index (κ2) is 17.5. The normalized spacial score (nSPS) is 11.9. The first-order valence-electron chi connectivity index (χ1n) is 7.96. The molecule has 0 radical (unpaired) electrons. The zero-order valence-corrected chi connectivity index (χ0v) is 14.5. The summed E-state index contributed by atoms with van der Waals surface area (Å²) in [7, 11) is 0. The Morgan fingerprint density at radius 1 is 1.17 bits per heavy atom. The van der Waals surface area contributed by atoms with Gasteiger partial charge in [-0.25, -0.2) is 0 Å². The van der Waals surface area contributed by atoms with Gasteiger partial charge < -0.3 is 25.2 Å². The molecule has 0 aromatic heterocycles. The maximum atomic E-state index is 11.6. The number of unbranched alkanes of at least 4 members (excludes halogenated alkanes) is 2. The predicted molar refractivity (Wildman–Crippen MR) is 86.0 cm³/mol. The van der Waals surface area contributed by atoms with E-state index in [9.17, 15) is 9.90 Å². The van der Waals surface area contributed by atoms with Gasteiger partial charge in [-0.1, -0.05) is 12.2 Å². The Kier molecular flexibility index (Phi) is 18.7. The topological polar surface area (TPSA) is 96.2 Å². The molecular formula is C16H29LiN2O4. The Bertz CT molecular complexity index is 349. The standard InChI is InChI=1S/C16H30N2O4.Li/c1-2-3-4-5-6-8-15(20)17-10-13-18(11-7-14-19)12-9-16(21)22;/h2-3,19H,4-14H2,1H3,(H,17,20)(H,21,22);/q;+1/p-1/b3-2+;. The Morgan fingerprint density at radius 2 is 1.91 bits per heavy atom. The largest absolute Gasteiger partial charge is 1.00 e. The van der Waals surface area contributed by atoms with Gasteiger partial charge in [0.2, 0.25) is 0 Å². The van der Waals surface area contributed by atoms with Crippen LogP contribution in [0.2, 0.25) is 0 Å². The van der Waals surface area contributed by atoms with Gasteiger partial charge in [0.15, 0.2) is 0 Å². The van der Waals surface area contributed by atoms with Crippen LogP contribution in [0.4, 0.5) is 0 Å². The van der Waals surface area contributed by atoms with Crippen LogP contribution in [0.25, 0.3) is 0 Å². The molecule has 0 saturated carbocycles. The fraction of sp³-hybridized carbons (Fsp3) is 0.750.